The second-order valence-corrected chi connectivity index (χ2v) is 6.02. The van der Waals surface area contributed by atoms with Crippen molar-refractivity contribution in [3.8, 4) is 5.75 Å². The van der Waals surface area contributed by atoms with Crippen LogP contribution in [-0.4, -0.2) is 19.3 Å². The number of hydrogen-bond donors (Lipinski definition) is 1. The molecule has 2 rings (SSSR count). The van der Waals surface area contributed by atoms with E-state index in [1.54, 1.807) is 7.11 Å². The highest BCUT2D eigenvalue weighted by atomic mass is 79.9. The van der Waals surface area contributed by atoms with Gasteiger partial charge in [0.2, 0.25) is 0 Å². The number of rotatable bonds is 4. The van der Waals surface area contributed by atoms with Gasteiger partial charge in [-0.05, 0) is 31.0 Å². The Labute approximate surface area is 123 Å². The average Bonchev–Trinajstić information content (AvgIpc) is 2.61. The van der Waals surface area contributed by atoms with Gasteiger partial charge in [-0.1, -0.05) is 35.2 Å². The van der Waals surface area contributed by atoms with E-state index in [2.05, 4.69) is 15.9 Å². The van der Waals surface area contributed by atoms with Crippen molar-refractivity contribution in [3.05, 3.63) is 28.2 Å². The minimum absolute atomic E-state index is 0.167. The van der Waals surface area contributed by atoms with Crippen LogP contribution in [0.15, 0.2) is 22.7 Å². The number of ether oxygens (including phenoxy) is 2. The molecule has 1 fully saturated rings. The lowest BCUT2D eigenvalue weighted by Crippen LogP contribution is -2.35. The summed E-state index contributed by atoms with van der Waals surface area (Å²) in [6.45, 7) is 0.557. The Morgan fingerprint density at radius 3 is 2.84 bits per heavy atom. The predicted octanol–water partition coefficient (Wildman–Crippen LogP) is 3.63. The zero-order chi connectivity index (χ0) is 13.7. The molecule has 0 saturated heterocycles. The lowest BCUT2D eigenvalue weighted by atomic mass is 10.1. The van der Waals surface area contributed by atoms with Gasteiger partial charge < -0.3 is 15.2 Å². The third-order valence-electron chi connectivity index (χ3n) is 3.70. The van der Waals surface area contributed by atoms with Crippen LogP contribution in [0.5, 0.6) is 5.75 Å². The highest BCUT2D eigenvalue weighted by Crippen LogP contribution is 2.26. The molecule has 2 N–H and O–H groups in total. The zero-order valence-electron chi connectivity index (χ0n) is 11.4. The van der Waals surface area contributed by atoms with Crippen LogP contribution in [0.2, 0.25) is 0 Å². The lowest BCUT2D eigenvalue weighted by molar-refractivity contribution is 0.0185. The smallest absolute Gasteiger partial charge is 0.124 e. The van der Waals surface area contributed by atoms with Crippen LogP contribution in [0, 0.1) is 0 Å². The number of methoxy groups -OCH3 is 1. The Hall–Kier alpha value is -0.580. The van der Waals surface area contributed by atoms with E-state index in [9.17, 15) is 0 Å². The summed E-state index contributed by atoms with van der Waals surface area (Å²) >= 11 is 3.48. The van der Waals surface area contributed by atoms with E-state index in [-0.39, 0.29) is 12.1 Å². The minimum atomic E-state index is 0.167. The minimum Gasteiger partial charge on any atom is -0.496 e. The van der Waals surface area contributed by atoms with E-state index >= 15 is 0 Å². The van der Waals surface area contributed by atoms with Gasteiger partial charge in [0, 0.05) is 16.1 Å². The molecule has 19 heavy (non-hydrogen) atoms. The summed E-state index contributed by atoms with van der Waals surface area (Å²) in [5.74, 6) is 0.866. The number of hydrogen-bond acceptors (Lipinski definition) is 3. The van der Waals surface area contributed by atoms with Gasteiger partial charge in [-0.2, -0.15) is 0 Å². The second kappa shape index (κ2) is 7.27. The third-order valence-corrected chi connectivity index (χ3v) is 4.19. The molecule has 1 aliphatic carbocycles. The molecule has 4 heteroatoms. The maximum Gasteiger partial charge on any atom is 0.124 e. The number of nitrogens with two attached hydrogens (primary N) is 1. The fourth-order valence-electron chi connectivity index (χ4n) is 2.57. The molecule has 3 nitrogen and oxygen atoms in total. The lowest BCUT2D eigenvalue weighted by Gasteiger charge is -2.22. The molecule has 2 atom stereocenters. The molecule has 1 saturated carbocycles. The predicted molar refractivity (Wildman–Crippen MR) is 80.3 cm³/mol. The molecule has 0 amide bonds. The Kier molecular flexibility index (Phi) is 5.67. The third kappa shape index (κ3) is 4.20. The van der Waals surface area contributed by atoms with Crippen molar-refractivity contribution in [3.63, 3.8) is 0 Å². The van der Waals surface area contributed by atoms with Crippen molar-refractivity contribution in [1.82, 2.24) is 0 Å². The van der Waals surface area contributed by atoms with E-state index in [4.69, 9.17) is 15.2 Å². The fourth-order valence-corrected chi connectivity index (χ4v) is 2.97. The molecular formula is C15H22BrNO2. The van der Waals surface area contributed by atoms with Crippen LogP contribution in [0.3, 0.4) is 0 Å². The normalized spacial score (nSPS) is 23.9. The van der Waals surface area contributed by atoms with Crippen LogP contribution in [0.25, 0.3) is 0 Å². The molecule has 0 heterocycles. The highest BCUT2D eigenvalue weighted by Gasteiger charge is 2.21. The summed E-state index contributed by atoms with van der Waals surface area (Å²) in [4.78, 5) is 0. The van der Waals surface area contributed by atoms with Gasteiger partial charge >= 0.3 is 0 Å². The summed E-state index contributed by atoms with van der Waals surface area (Å²) < 4.78 is 12.4. The first-order valence-electron chi connectivity index (χ1n) is 6.90. The topological polar surface area (TPSA) is 44.5 Å². The second-order valence-electron chi connectivity index (χ2n) is 5.11. The molecule has 1 aromatic rings. The van der Waals surface area contributed by atoms with Crippen molar-refractivity contribution in [1.29, 1.82) is 0 Å². The van der Waals surface area contributed by atoms with Crippen molar-refractivity contribution in [2.45, 2.75) is 50.9 Å². The first-order valence-corrected chi connectivity index (χ1v) is 7.69. The van der Waals surface area contributed by atoms with Crippen LogP contribution in [0.4, 0.5) is 0 Å². The van der Waals surface area contributed by atoms with Gasteiger partial charge in [0.15, 0.2) is 0 Å². The van der Waals surface area contributed by atoms with Crippen molar-refractivity contribution < 1.29 is 9.47 Å². The average molecular weight is 328 g/mol. The summed E-state index contributed by atoms with van der Waals surface area (Å²) in [6, 6.07) is 6.14. The summed E-state index contributed by atoms with van der Waals surface area (Å²) in [5.41, 5.74) is 7.24. The molecule has 1 aliphatic rings. The molecule has 0 aromatic heterocycles. The molecule has 1 aromatic carbocycles. The Morgan fingerprint density at radius 1 is 1.26 bits per heavy atom. The van der Waals surface area contributed by atoms with Crippen molar-refractivity contribution in [2.75, 3.05) is 7.11 Å². The van der Waals surface area contributed by atoms with Crippen LogP contribution >= 0.6 is 15.9 Å². The van der Waals surface area contributed by atoms with Gasteiger partial charge in [-0.15, -0.1) is 0 Å². The van der Waals surface area contributed by atoms with Crippen molar-refractivity contribution in [2.24, 2.45) is 5.73 Å². The first kappa shape index (κ1) is 14.8. The molecule has 0 radical (unpaired) electrons. The molecule has 0 bridgehead atoms. The first-order chi connectivity index (χ1) is 9.20. The van der Waals surface area contributed by atoms with Gasteiger partial charge in [0.05, 0.1) is 19.8 Å². The van der Waals surface area contributed by atoms with Gasteiger partial charge in [0.25, 0.3) is 0 Å². The number of halogens is 1. The fraction of sp³-hybridized carbons (Fsp3) is 0.600. The molecular weight excluding hydrogens is 306 g/mol. The standard InChI is InChI=1S/C15H22BrNO2/c1-18-14-8-7-12(16)9-11(14)10-19-15-6-4-2-3-5-13(15)17/h7-9,13,15H,2-6,10,17H2,1H3. The van der Waals surface area contributed by atoms with Crippen LogP contribution in [0.1, 0.15) is 37.7 Å². The van der Waals surface area contributed by atoms with E-state index in [1.165, 1.54) is 19.3 Å². The molecule has 106 valence electrons. The maximum absolute atomic E-state index is 6.18. The number of benzene rings is 1. The van der Waals surface area contributed by atoms with E-state index in [0.29, 0.717) is 6.61 Å². The highest BCUT2D eigenvalue weighted by molar-refractivity contribution is 9.10. The Bertz CT molecular complexity index is 411. The van der Waals surface area contributed by atoms with Gasteiger partial charge in [-0.3, -0.25) is 0 Å². The van der Waals surface area contributed by atoms with Crippen LogP contribution in [-0.2, 0) is 11.3 Å². The molecule has 0 aliphatic heterocycles. The summed E-state index contributed by atoms with van der Waals surface area (Å²) in [6.07, 6.45) is 6.02. The Balaban J connectivity index is 1.99. The summed E-state index contributed by atoms with van der Waals surface area (Å²) in [7, 11) is 1.68. The monoisotopic (exact) mass is 327 g/mol. The Morgan fingerprint density at radius 2 is 2.05 bits per heavy atom. The quantitative estimate of drug-likeness (QED) is 0.859. The molecule has 0 spiro atoms. The van der Waals surface area contributed by atoms with Gasteiger partial charge in [-0.25, -0.2) is 0 Å². The van der Waals surface area contributed by atoms with E-state index < -0.39 is 0 Å². The van der Waals surface area contributed by atoms with E-state index in [1.807, 2.05) is 18.2 Å². The summed E-state index contributed by atoms with van der Waals surface area (Å²) in [5, 5.41) is 0. The maximum atomic E-state index is 6.18. The van der Waals surface area contributed by atoms with E-state index in [0.717, 1.165) is 28.6 Å². The van der Waals surface area contributed by atoms with Crippen molar-refractivity contribution >= 4 is 15.9 Å². The SMILES string of the molecule is COc1ccc(Br)cc1COC1CCCCCC1N. The molecule has 2 unspecified atom stereocenters. The van der Waals surface area contributed by atoms with Gasteiger partial charge in [0.1, 0.15) is 5.75 Å². The van der Waals surface area contributed by atoms with Crippen LogP contribution < -0.4 is 10.5 Å². The zero-order valence-corrected chi connectivity index (χ0v) is 13.0. The largest absolute Gasteiger partial charge is 0.496 e.